The maximum Gasteiger partial charge on any atom is 0.271 e. The van der Waals surface area contributed by atoms with Crippen molar-refractivity contribution in [1.82, 2.24) is 9.80 Å². The quantitative estimate of drug-likeness (QED) is 0.345. The number of halogens is 2. The molecular weight excluding hydrogens is 581 g/mol. The lowest BCUT2D eigenvalue weighted by Crippen LogP contribution is -2.49. The smallest absolute Gasteiger partial charge is 0.271 e. The molecule has 0 fully saturated rings. The molecule has 0 radical (unpaired) electrons. The Morgan fingerprint density at radius 1 is 1.21 bits per heavy atom. The molecule has 0 saturated heterocycles. The van der Waals surface area contributed by atoms with Crippen LogP contribution in [0.1, 0.15) is 29.8 Å². The number of likely N-dealkylation sites (N-methyl/N-ethyl adjacent to an activating group) is 1. The zero-order chi connectivity index (χ0) is 28.3. The highest BCUT2D eigenvalue weighted by molar-refractivity contribution is 7.94. The first-order valence-corrected chi connectivity index (χ1v) is 15.5. The topological polar surface area (TPSA) is 99.2 Å². The van der Waals surface area contributed by atoms with E-state index in [1.807, 2.05) is 26.1 Å². The zero-order valence-electron chi connectivity index (χ0n) is 21.8. The fourth-order valence-corrected chi connectivity index (χ4v) is 6.81. The average Bonchev–Trinajstić information content (AvgIpc) is 3.44. The Morgan fingerprint density at radius 3 is 2.64 bits per heavy atom. The van der Waals surface area contributed by atoms with Gasteiger partial charge in [0.05, 0.1) is 28.3 Å². The molecule has 39 heavy (non-hydrogen) atoms. The molecule has 0 saturated carbocycles. The van der Waals surface area contributed by atoms with Crippen molar-refractivity contribution in [3.63, 3.8) is 0 Å². The van der Waals surface area contributed by atoms with Crippen molar-refractivity contribution in [2.45, 2.75) is 36.7 Å². The number of fused-ring (bicyclic) bond motifs is 1. The SMILES string of the molecule is C[C@H]1CN([C@@H](C)CO)C(=O)c2cc(NS(=O)(=O)c3cccs3)ccc2O[C@@H]1CN(C)Cc1ccc(Cl)c(Cl)c1. The van der Waals surface area contributed by atoms with E-state index in [2.05, 4.69) is 9.62 Å². The van der Waals surface area contributed by atoms with E-state index in [-0.39, 0.29) is 40.0 Å². The Labute approximate surface area is 243 Å². The number of carbonyl (C=O) groups is 1. The molecule has 210 valence electrons. The van der Waals surface area contributed by atoms with Crippen LogP contribution in [0.5, 0.6) is 5.75 Å². The maximum atomic E-state index is 13.6. The molecule has 3 aromatic rings. The largest absolute Gasteiger partial charge is 0.488 e. The summed E-state index contributed by atoms with van der Waals surface area (Å²) in [6.07, 6.45) is -0.299. The van der Waals surface area contributed by atoms with E-state index in [0.29, 0.717) is 35.4 Å². The van der Waals surface area contributed by atoms with Gasteiger partial charge in [-0.3, -0.25) is 14.4 Å². The van der Waals surface area contributed by atoms with Gasteiger partial charge in [-0.2, -0.15) is 0 Å². The fourth-order valence-electron chi connectivity index (χ4n) is 4.45. The molecule has 1 aliphatic heterocycles. The summed E-state index contributed by atoms with van der Waals surface area (Å²) >= 11 is 13.3. The first kappa shape index (κ1) is 29.6. The Balaban J connectivity index is 1.62. The van der Waals surface area contributed by atoms with E-state index >= 15 is 0 Å². The van der Waals surface area contributed by atoms with Crippen LogP contribution in [0.2, 0.25) is 10.0 Å². The molecule has 12 heteroatoms. The number of aliphatic hydroxyl groups excluding tert-OH is 1. The number of sulfonamides is 1. The summed E-state index contributed by atoms with van der Waals surface area (Å²) in [5, 5.41) is 12.6. The predicted octanol–water partition coefficient (Wildman–Crippen LogP) is 5.21. The summed E-state index contributed by atoms with van der Waals surface area (Å²) in [5.41, 5.74) is 1.47. The van der Waals surface area contributed by atoms with Gasteiger partial charge in [0, 0.05) is 31.2 Å². The van der Waals surface area contributed by atoms with Gasteiger partial charge >= 0.3 is 0 Å². The van der Waals surface area contributed by atoms with Crippen LogP contribution >= 0.6 is 34.5 Å². The number of anilines is 1. The van der Waals surface area contributed by atoms with Crippen LogP contribution in [0.25, 0.3) is 0 Å². The van der Waals surface area contributed by atoms with Gasteiger partial charge in [-0.15, -0.1) is 11.3 Å². The zero-order valence-corrected chi connectivity index (χ0v) is 24.9. The van der Waals surface area contributed by atoms with Crippen LogP contribution in [-0.2, 0) is 16.6 Å². The van der Waals surface area contributed by atoms with Crippen LogP contribution < -0.4 is 9.46 Å². The van der Waals surface area contributed by atoms with E-state index in [4.69, 9.17) is 27.9 Å². The molecule has 3 atom stereocenters. The van der Waals surface area contributed by atoms with Crippen LogP contribution in [0.3, 0.4) is 0 Å². The minimum atomic E-state index is -3.80. The molecule has 0 bridgehead atoms. The highest BCUT2D eigenvalue weighted by atomic mass is 35.5. The van der Waals surface area contributed by atoms with Crippen molar-refractivity contribution >= 4 is 56.2 Å². The highest BCUT2D eigenvalue weighted by Gasteiger charge is 2.33. The van der Waals surface area contributed by atoms with Crippen molar-refractivity contribution in [2.24, 2.45) is 5.92 Å². The fraction of sp³-hybridized carbons (Fsp3) is 0.370. The van der Waals surface area contributed by atoms with Gasteiger partial charge in [0.15, 0.2) is 0 Å². The molecule has 1 aromatic heterocycles. The van der Waals surface area contributed by atoms with Gasteiger partial charge in [-0.1, -0.05) is 42.3 Å². The molecule has 2 aromatic carbocycles. The Hall–Kier alpha value is -2.34. The normalized spacial score (nSPS) is 18.7. The second-order valence-corrected chi connectivity index (χ2v) is 13.5. The minimum absolute atomic E-state index is 0.0654. The number of nitrogens with zero attached hydrogens (tertiary/aromatic N) is 2. The van der Waals surface area contributed by atoms with E-state index in [9.17, 15) is 18.3 Å². The molecule has 4 rings (SSSR count). The van der Waals surface area contributed by atoms with E-state index in [1.54, 1.807) is 41.5 Å². The van der Waals surface area contributed by atoms with Crippen LogP contribution in [0, 0.1) is 5.92 Å². The van der Waals surface area contributed by atoms with E-state index in [0.717, 1.165) is 16.9 Å². The number of aliphatic hydroxyl groups is 1. The Kier molecular flexibility index (Phi) is 9.46. The molecule has 0 aliphatic carbocycles. The van der Waals surface area contributed by atoms with Gasteiger partial charge in [0.2, 0.25) is 0 Å². The third kappa shape index (κ3) is 7.06. The van der Waals surface area contributed by atoms with Gasteiger partial charge in [0.25, 0.3) is 15.9 Å². The number of nitrogens with one attached hydrogen (secondary N) is 1. The monoisotopic (exact) mass is 611 g/mol. The van der Waals surface area contributed by atoms with Crippen LogP contribution in [0.4, 0.5) is 5.69 Å². The molecule has 1 amide bonds. The van der Waals surface area contributed by atoms with Crippen LogP contribution in [0.15, 0.2) is 58.1 Å². The van der Waals surface area contributed by atoms with E-state index < -0.39 is 16.1 Å². The van der Waals surface area contributed by atoms with Crippen molar-refractivity contribution in [2.75, 3.05) is 31.5 Å². The van der Waals surface area contributed by atoms with E-state index in [1.165, 1.54) is 12.1 Å². The second kappa shape index (κ2) is 12.4. The Morgan fingerprint density at radius 2 is 1.97 bits per heavy atom. The van der Waals surface area contributed by atoms with Crippen molar-refractivity contribution < 1.29 is 23.1 Å². The highest BCUT2D eigenvalue weighted by Crippen LogP contribution is 2.32. The van der Waals surface area contributed by atoms with Gasteiger partial charge < -0.3 is 14.7 Å². The second-order valence-electron chi connectivity index (χ2n) is 9.82. The summed E-state index contributed by atoms with van der Waals surface area (Å²) in [6, 6.07) is 12.9. The molecule has 0 unspecified atom stereocenters. The van der Waals surface area contributed by atoms with Crippen molar-refractivity contribution in [3.8, 4) is 5.75 Å². The number of ether oxygens (including phenoxy) is 1. The number of benzene rings is 2. The minimum Gasteiger partial charge on any atom is -0.488 e. The lowest BCUT2D eigenvalue weighted by atomic mass is 9.99. The Bertz CT molecular complexity index is 1420. The van der Waals surface area contributed by atoms with Gasteiger partial charge in [-0.05, 0) is 61.3 Å². The van der Waals surface area contributed by atoms with Crippen molar-refractivity contribution in [1.29, 1.82) is 0 Å². The number of amides is 1. The molecule has 2 heterocycles. The first-order chi connectivity index (χ1) is 18.5. The van der Waals surface area contributed by atoms with Crippen molar-refractivity contribution in [3.05, 3.63) is 75.1 Å². The number of rotatable bonds is 9. The number of carbonyl (C=O) groups excluding carboxylic acids is 1. The molecule has 1 aliphatic rings. The number of hydrogen-bond donors (Lipinski definition) is 2. The molecule has 0 spiro atoms. The molecule has 8 nitrogen and oxygen atoms in total. The third-order valence-corrected chi connectivity index (χ3v) is 10.1. The first-order valence-electron chi connectivity index (χ1n) is 12.4. The lowest BCUT2D eigenvalue weighted by Gasteiger charge is -2.38. The third-order valence-electron chi connectivity index (χ3n) is 6.61. The lowest BCUT2D eigenvalue weighted by molar-refractivity contribution is 0.0341. The number of hydrogen-bond acceptors (Lipinski definition) is 7. The summed E-state index contributed by atoms with van der Waals surface area (Å²) in [7, 11) is -1.83. The maximum absolute atomic E-state index is 13.6. The number of thiophene rings is 1. The summed E-state index contributed by atoms with van der Waals surface area (Å²) in [4.78, 5) is 17.4. The molecule has 2 N–H and O–H groups in total. The summed E-state index contributed by atoms with van der Waals surface area (Å²) in [6.45, 7) is 5.09. The standard InChI is InChI=1S/C27H31Cl2N3O5S2/c1-17-13-32(18(2)16-33)27(34)21-12-20(30-39(35,36)26-5-4-10-38-26)7-9-24(21)37-25(17)15-31(3)14-19-6-8-22(28)23(29)11-19/h4-12,17-18,25,30,33H,13-16H2,1-3H3/t17-,18-,25+/m0/s1. The molecular formula is C27H31Cl2N3O5S2. The summed E-state index contributed by atoms with van der Waals surface area (Å²) < 4.78 is 34.7. The average molecular weight is 613 g/mol. The summed E-state index contributed by atoms with van der Waals surface area (Å²) in [5.74, 6) is -0.0451. The van der Waals surface area contributed by atoms with Crippen LogP contribution in [-0.4, -0.2) is 68.1 Å². The predicted molar refractivity (Wildman–Crippen MR) is 156 cm³/mol. The van der Waals surface area contributed by atoms with Gasteiger partial charge in [0.1, 0.15) is 16.1 Å². The van der Waals surface area contributed by atoms with Gasteiger partial charge in [-0.25, -0.2) is 8.42 Å².